The number of hydrogen-bond donors (Lipinski definition) is 1. The van der Waals surface area contributed by atoms with Crippen molar-refractivity contribution in [2.45, 2.75) is 13.3 Å². The maximum absolute atomic E-state index is 11.9. The fourth-order valence-electron chi connectivity index (χ4n) is 1.69. The number of nitrogens with zero attached hydrogens (tertiary/aromatic N) is 2. The Kier molecular flexibility index (Phi) is 4.11. The second kappa shape index (κ2) is 5.79. The van der Waals surface area contributed by atoms with Crippen LogP contribution >= 0.6 is 11.3 Å². The summed E-state index contributed by atoms with van der Waals surface area (Å²) in [4.78, 5) is 24.2. The zero-order valence-corrected chi connectivity index (χ0v) is 11.7. The summed E-state index contributed by atoms with van der Waals surface area (Å²) < 4.78 is 1.78. The molecule has 0 aliphatic rings. The number of carbonyl (C=O) groups excluding carboxylic acids is 2. The lowest BCUT2D eigenvalue weighted by molar-refractivity contribution is 0.0957. The van der Waals surface area contributed by atoms with Crippen LogP contribution in [0.5, 0.6) is 0 Å². The third-order valence-corrected chi connectivity index (χ3v) is 3.95. The van der Waals surface area contributed by atoms with Gasteiger partial charge in [0.05, 0.1) is 9.75 Å². The molecule has 0 spiro atoms. The SMILES string of the molecule is CC(=O)c1ccc(C(=O)NCCc2ccnn2C)s1. The molecule has 100 valence electrons. The summed E-state index contributed by atoms with van der Waals surface area (Å²) in [6.07, 6.45) is 2.46. The Hall–Kier alpha value is -1.95. The molecule has 0 aliphatic carbocycles. The predicted octanol–water partition coefficient (Wildman–Crippen LogP) is 1.66. The van der Waals surface area contributed by atoms with Crippen LogP contribution in [-0.2, 0) is 13.5 Å². The van der Waals surface area contributed by atoms with E-state index in [-0.39, 0.29) is 11.7 Å². The third-order valence-electron chi connectivity index (χ3n) is 2.77. The van der Waals surface area contributed by atoms with E-state index >= 15 is 0 Å². The van der Waals surface area contributed by atoms with Gasteiger partial charge in [-0.05, 0) is 25.1 Å². The molecule has 19 heavy (non-hydrogen) atoms. The molecule has 6 heteroatoms. The molecular formula is C13H15N3O2S. The predicted molar refractivity (Wildman–Crippen MR) is 73.6 cm³/mol. The summed E-state index contributed by atoms with van der Waals surface area (Å²) >= 11 is 1.22. The van der Waals surface area contributed by atoms with Crippen LogP contribution in [0.4, 0.5) is 0 Å². The number of aryl methyl sites for hydroxylation is 1. The minimum Gasteiger partial charge on any atom is -0.351 e. The van der Waals surface area contributed by atoms with Crippen LogP contribution < -0.4 is 5.32 Å². The lowest BCUT2D eigenvalue weighted by atomic mass is 10.3. The van der Waals surface area contributed by atoms with Crippen LogP contribution in [0.2, 0.25) is 0 Å². The Labute approximate surface area is 115 Å². The van der Waals surface area contributed by atoms with E-state index in [0.717, 1.165) is 12.1 Å². The fourth-order valence-corrected chi connectivity index (χ4v) is 2.50. The topological polar surface area (TPSA) is 64.0 Å². The Morgan fingerprint density at radius 2 is 2.05 bits per heavy atom. The number of Topliss-reactive ketones (excluding diaryl/α,β-unsaturated/α-hetero) is 1. The van der Waals surface area contributed by atoms with Crippen molar-refractivity contribution in [2.75, 3.05) is 6.54 Å². The van der Waals surface area contributed by atoms with Gasteiger partial charge in [0.15, 0.2) is 5.78 Å². The molecule has 1 amide bonds. The second-order valence-electron chi connectivity index (χ2n) is 4.17. The average molecular weight is 277 g/mol. The van der Waals surface area contributed by atoms with Crippen LogP contribution in [-0.4, -0.2) is 28.0 Å². The number of amides is 1. The molecule has 0 aromatic carbocycles. The van der Waals surface area contributed by atoms with E-state index in [1.807, 2.05) is 13.1 Å². The number of nitrogens with one attached hydrogen (secondary N) is 1. The standard InChI is InChI=1S/C13H15N3O2S/c1-9(17)11-3-4-12(19-11)13(18)14-7-5-10-6-8-15-16(10)2/h3-4,6,8H,5,7H2,1-2H3,(H,14,18). The Bertz CT molecular complexity index is 601. The Morgan fingerprint density at radius 1 is 1.32 bits per heavy atom. The van der Waals surface area contributed by atoms with Gasteiger partial charge in [-0.15, -0.1) is 11.3 Å². The highest BCUT2D eigenvalue weighted by Gasteiger charge is 2.11. The number of aromatic nitrogens is 2. The summed E-state index contributed by atoms with van der Waals surface area (Å²) in [6, 6.07) is 5.29. The highest BCUT2D eigenvalue weighted by Crippen LogP contribution is 2.16. The molecule has 0 unspecified atom stereocenters. The molecule has 0 atom stereocenters. The molecular weight excluding hydrogens is 262 g/mol. The van der Waals surface area contributed by atoms with E-state index in [9.17, 15) is 9.59 Å². The van der Waals surface area contributed by atoms with Crippen molar-refractivity contribution in [1.82, 2.24) is 15.1 Å². The van der Waals surface area contributed by atoms with Crippen LogP contribution in [0.1, 0.15) is 32.0 Å². The minimum atomic E-state index is -0.139. The van der Waals surface area contributed by atoms with Gasteiger partial charge in [-0.25, -0.2) is 0 Å². The molecule has 1 N–H and O–H groups in total. The summed E-state index contributed by atoms with van der Waals surface area (Å²) in [6.45, 7) is 2.04. The molecule has 0 bridgehead atoms. The zero-order chi connectivity index (χ0) is 13.8. The van der Waals surface area contributed by atoms with E-state index in [1.165, 1.54) is 18.3 Å². The fraction of sp³-hybridized carbons (Fsp3) is 0.308. The molecule has 2 heterocycles. The summed E-state index contributed by atoms with van der Waals surface area (Å²) in [5.41, 5.74) is 1.07. The van der Waals surface area contributed by atoms with E-state index in [4.69, 9.17) is 0 Å². The van der Waals surface area contributed by atoms with Gasteiger partial charge in [-0.3, -0.25) is 14.3 Å². The van der Waals surface area contributed by atoms with Crippen LogP contribution in [0.15, 0.2) is 24.4 Å². The molecule has 0 fully saturated rings. The van der Waals surface area contributed by atoms with Gasteiger partial charge in [-0.2, -0.15) is 5.10 Å². The van der Waals surface area contributed by atoms with Gasteiger partial charge in [0.25, 0.3) is 5.91 Å². The van der Waals surface area contributed by atoms with Crippen molar-refractivity contribution < 1.29 is 9.59 Å². The van der Waals surface area contributed by atoms with Gasteiger partial charge in [0.2, 0.25) is 0 Å². The monoisotopic (exact) mass is 277 g/mol. The highest BCUT2D eigenvalue weighted by atomic mass is 32.1. The van der Waals surface area contributed by atoms with Crippen molar-refractivity contribution >= 4 is 23.0 Å². The smallest absolute Gasteiger partial charge is 0.261 e. The van der Waals surface area contributed by atoms with Crippen molar-refractivity contribution in [3.63, 3.8) is 0 Å². The number of rotatable bonds is 5. The van der Waals surface area contributed by atoms with Crippen LogP contribution in [0.25, 0.3) is 0 Å². The summed E-state index contributed by atoms with van der Waals surface area (Å²) in [5.74, 6) is -0.154. The van der Waals surface area contributed by atoms with Gasteiger partial charge in [-0.1, -0.05) is 0 Å². The molecule has 5 nitrogen and oxygen atoms in total. The van der Waals surface area contributed by atoms with Gasteiger partial charge < -0.3 is 5.32 Å². The minimum absolute atomic E-state index is 0.0149. The van der Waals surface area contributed by atoms with E-state index in [1.54, 1.807) is 23.0 Å². The number of thiophene rings is 1. The highest BCUT2D eigenvalue weighted by molar-refractivity contribution is 7.15. The van der Waals surface area contributed by atoms with Gasteiger partial charge in [0.1, 0.15) is 0 Å². The van der Waals surface area contributed by atoms with Crippen molar-refractivity contribution in [2.24, 2.45) is 7.05 Å². The van der Waals surface area contributed by atoms with Crippen LogP contribution in [0.3, 0.4) is 0 Å². The Morgan fingerprint density at radius 3 is 2.63 bits per heavy atom. The molecule has 0 saturated heterocycles. The van der Waals surface area contributed by atoms with Crippen molar-refractivity contribution in [3.8, 4) is 0 Å². The van der Waals surface area contributed by atoms with Gasteiger partial charge in [0, 0.05) is 31.9 Å². The number of hydrogen-bond acceptors (Lipinski definition) is 4. The lowest BCUT2D eigenvalue weighted by Gasteiger charge is -2.04. The maximum atomic E-state index is 11.9. The normalized spacial score (nSPS) is 10.4. The molecule has 0 saturated carbocycles. The van der Waals surface area contributed by atoms with Crippen molar-refractivity contribution in [1.29, 1.82) is 0 Å². The lowest BCUT2D eigenvalue weighted by Crippen LogP contribution is -2.25. The largest absolute Gasteiger partial charge is 0.351 e. The zero-order valence-electron chi connectivity index (χ0n) is 10.8. The first-order valence-corrected chi connectivity index (χ1v) is 6.75. The molecule has 2 aromatic heterocycles. The van der Waals surface area contributed by atoms with E-state index in [2.05, 4.69) is 10.4 Å². The van der Waals surface area contributed by atoms with E-state index < -0.39 is 0 Å². The molecule has 0 radical (unpaired) electrons. The maximum Gasteiger partial charge on any atom is 0.261 e. The molecule has 0 aliphatic heterocycles. The number of ketones is 1. The van der Waals surface area contributed by atoms with Crippen LogP contribution in [0, 0.1) is 0 Å². The van der Waals surface area contributed by atoms with E-state index in [0.29, 0.717) is 16.3 Å². The first-order chi connectivity index (χ1) is 9.08. The average Bonchev–Trinajstić information content (AvgIpc) is 2.98. The van der Waals surface area contributed by atoms with Crippen molar-refractivity contribution in [3.05, 3.63) is 39.8 Å². The summed E-state index contributed by atoms with van der Waals surface area (Å²) in [5, 5.41) is 6.90. The summed E-state index contributed by atoms with van der Waals surface area (Å²) in [7, 11) is 1.87. The second-order valence-corrected chi connectivity index (χ2v) is 5.26. The first-order valence-electron chi connectivity index (χ1n) is 5.94. The number of carbonyl (C=O) groups is 2. The Balaban J connectivity index is 1.87. The molecule has 2 aromatic rings. The molecule has 2 rings (SSSR count). The van der Waals surface area contributed by atoms with Gasteiger partial charge >= 0.3 is 0 Å². The quantitative estimate of drug-likeness (QED) is 0.845. The first kappa shape index (κ1) is 13.5. The third kappa shape index (κ3) is 3.29.